The lowest BCUT2D eigenvalue weighted by atomic mass is 9.92. The van der Waals surface area contributed by atoms with Crippen molar-refractivity contribution >= 4 is 43.1 Å². The highest BCUT2D eigenvalue weighted by atomic mass is 14.9. The Morgan fingerprint density at radius 1 is 0.113 bits per heavy atom. The lowest BCUT2D eigenvalue weighted by Crippen LogP contribution is -1.96. The van der Waals surface area contributed by atoms with E-state index in [0.717, 1.165) is 151 Å². The van der Waals surface area contributed by atoms with Crippen molar-refractivity contribution < 1.29 is 0 Å². The van der Waals surface area contributed by atoms with Crippen molar-refractivity contribution in [2.45, 2.75) is 0 Å². The van der Waals surface area contributed by atoms with Gasteiger partial charge in [-0.25, -0.2) is 29.9 Å². The van der Waals surface area contributed by atoms with Crippen LogP contribution in [0.4, 0.5) is 0 Å². The first kappa shape index (κ1) is 87.0. The second-order valence-corrected chi connectivity index (χ2v) is 35.2. The third-order valence-electron chi connectivity index (χ3n) is 26.1. The molecule has 6 heterocycles. The van der Waals surface area contributed by atoms with Gasteiger partial charge in [0.05, 0.1) is 34.2 Å². The maximum absolute atomic E-state index is 5.23. The highest BCUT2D eigenvalue weighted by Gasteiger charge is 2.21. The monoisotopic (exact) mass is 1810 g/mol. The van der Waals surface area contributed by atoms with Gasteiger partial charge in [-0.2, -0.15) is 0 Å². The Kier molecular flexibility index (Phi) is 24.5. The highest BCUT2D eigenvalue weighted by Crippen LogP contribution is 2.42. The van der Waals surface area contributed by atoms with Gasteiger partial charge >= 0.3 is 0 Å². The van der Waals surface area contributed by atoms with E-state index in [2.05, 4.69) is 482 Å². The van der Waals surface area contributed by atoms with Crippen LogP contribution in [0.25, 0.3) is 245 Å². The molecule has 142 heavy (non-hydrogen) atoms. The molecule has 0 N–H and O–H groups in total. The van der Waals surface area contributed by atoms with Crippen LogP contribution in [-0.4, -0.2) is 44.9 Å². The first-order valence-corrected chi connectivity index (χ1v) is 47.7. The molecule has 25 rings (SSSR count). The van der Waals surface area contributed by atoms with Gasteiger partial charge in [0.2, 0.25) is 0 Å². The van der Waals surface area contributed by atoms with Gasteiger partial charge in [-0.05, 0) is 228 Å². The van der Waals surface area contributed by atoms with Crippen molar-refractivity contribution in [3.63, 3.8) is 0 Å². The van der Waals surface area contributed by atoms with Crippen LogP contribution in [0.15, 0.2) is 541 Å². The SMILES string of the molecule is c1ccc(-c2cccc(-c3cc(-c4ccc(-c5cccnc5)cc4)nc(-c4cccc(-c5cc6ccccc6c6ccccc56)c4)n3)c2)cc1.c1ccc(-c2cccc(-c3cc(-c4ccc(-c5cccnc5)cc4)nc(-c4cccc(-c5ccc6ccccc6c5)c4)n3)c2)cc1.c1ccc(-c2cccc(-c3cc(-c4ccc(-c5cccnc5)cc4)nc(-c4cccc(-c5cccc6ccccc56)c4)n3)c2)cc1. The summed E-state index contributed by atoms with van der Waals surface area (Å²) >= 11 is 0. The molecule has 0 radical (unpaired) electrons. The number of benzene rings is 19. The third-order valence-corrected chi connectivity index (χ3v) is 26.1. The number of rotatable bonds is 18. The Balaban J connectivity index is 0.000000119. The molecule has 6 aromatic heterocycles. The van der Waals surface area contributed by atoms with Crippen LogP contribution in [0.5, 0.6) is 0 Å². The topological polar surface area (TPSA) is 116 Å². The maximum atomic E-state index is 5.23. The zero-order valence-electron chi connectivity index (χ0n) is 77.4. The Morgan fingerprint density at radius 2 is 0.373 bits per heavy atom. The predicted octanol–water partition coefficient (Wildman–Crippen LogP) is 34.2. The van der Waals surface area contributed by atoms with Gasteiger partial charge in [0.1, 0.15) is 0 Å². The number of nitrogens with zero attached hydrogens (tertiary/aromatic N) is 9. The molecule has 0 bridgehead atoms. The molecule has 0 aliphatic heterocycles. The summed E-state index contributed by atoms with van der Waals surface area (Å²) in [6.45, 7) is 0. The van der Waals surface area contributed by atoms with Crippen LogP contribution in [0, 0.1) is 0 Å². The standard InChI is InChI=1S/C47H31N3.2C43H29N3/c1-2-11-32(12-3-1)35-14-8-16-38(27-35)46-30-45(34-24-22-33(23-25-34)40-18-10-26-48-31-40)49-47(50-46)39-17-9-15-36(28-39)44-29-37-13-4-5-19-41(37)42-20-6-7-21-43(42)44;1-2-10-30(11-3-1)34-14-6-16-36(26-34)42-28-41(33-23-21-31(22-24-33)38-18-9-25-44-29-38)45-43(46-42)37-17-7-15-35(27-37)40-20-8-13-32-12-4-5-19-39(32)40;1-2-9-30(10-3-1)35-13-6-15-38(26-35)42-28-41(33-21-18-32(19-22-33)40-17-8-24-44-29-40)45-43(46-42)39-16-7-14-36(27-39)37-23-20-31-11-4-5-12-34(31)25-37/h1-31H;2*1-29H. The number of aromatic nitrogens is 9. The summed E-state index contributed by atoms with van der Waals surface area (Å²) in [6.07, 6.45) is 11.1. The molecule has 19 aromatic carbocycles. The summed E-state index contributed by atoms with van der Waals surface area (Å²) < 4.78 is 0. The van der Waals surface area contributed by atoms with E-state index in [1.165, 1.54) is 76.5 Å². The Hall–Kier alpha value is -19.1. The lowest BCUT2D eigenvalue weighted by Gasteiger charge is -2.13. The van der Waals surface area contributed by atoms with Crippen molar-refractivity contribution in [3.8, 4) is 202 Å². The molecule has 0 spiro atoms. The average molecular weight is 1810 g/mol. The summed E-state index contributed by atoms with van der Waals surface area (Å²) in [5.74, 6) is 2.07. The van der Waals surface area contributed by atoms with Gasteiger partial charge in [-0.3, -0.25) is 15.0 Å². The number of hydrogen-bond acceptors (Lipinski definition) is 9. The molecule has 0 unspecified atom stereocenters. The largest absolute Gasteiger partial charge is 0.264 e. The summed E-state index contributed by atoms with van der Waals surface area (Å²) in [4.78, 5) is 43.9. The van der Waals surface area contributed by atoms with Gasteiger partial charge < -0.3 is 0 Å². The van der Waals surface area contributed by atoms with Gasteiger partial charge in [0, 0.05) is 87.3 Å². The van der Waals surface area contributed by atoms with Gasteiger partial charge in [-0.1, -0.05) is 419 Å². The van der Waals surface area contributed by atoms with Gasteiger partial charge in [0.25, 0.3) is 0 Å². The Morgan fingerprint density at radius 3 is 0.789 bits per heavy atom. The van der Waals surface area contributed by atoms with E-state index in [-0.39, 0.29) is 0 Å². The van der Waals surface area contributed by atoms with E-state index >= 15 is 0 Å². The molecule has 9 heteroatoms. The lowest BCUT2D eigenvalue weighted by molar-refractivity contribution is 1.18. The first-order valence-electron chi connectivity index (χ1n) is 47.7. The quantitative estimate of drug-likeness (QED) is 0.0774. The van der Waals surface area contributed by atoms with Crippen LogP contribution in [-0.2, 0) is 0 Å². The molecular formula is C133H89N9. The van der Waals surface area contributed by atoms with Crippen LogP contribution >= 0.6 is 0 Å². The number of hydrogen-bond donors (Lipinski definition) is 0. The Labute approximate surface area is 824 Å². The number of pyridine rings is 3. The van der Waals surface area contributed by atoms with E-state index in [0.29, 0.717) is 17.5 Å². The van der Waals surface area contributed by atoms with Crippen LogP contribution < -0.4 is 0 Å². The fraction of sp³-hybridized carbons (Fsp3) is 0. The van der Waals surface area contributed by atoms with Gasteiger partial charge in [-0.15, -0.1) is 0 Å². The highest BCUT2D eigenvalue weighted by molar-refractivity contribution is 6.14. The zero-order chi connectivity index (χ0) is 94.7. The van der Waals surface area contributed by atoms with Gasteiger partial charge in [0.15, 0.2) is 17.5 Å². The van der Waals surface area contributed by atoms with Crippen molar-refractivity contribution in [3.05, 3.63) is 541 Å². The van der Waals surface area contributed by atoms with Crippen molar-refractivity contribution in [2.24, 2.45) is 0 Å². The minimum Gasteiger partial charge on any atom is -0.264 e. The van der Waals surface area contributed by atoms with Crippen molar-refractivity contribution in [1.29, 1.82) is 0 Å². The molecule has 0 amide bonds. The normalized spacial score (nSPS) is 11.1. The molecule has 0 saturated heterocycles. The molecule has 9 nitrogen and oxygen atoms in total. The van der Waals surface area contributed by atoms with E-state index in [1.807, 2.05) is 55.0 Å². The Bertz CT molecular complexity index is 8840. The summed E-state index contributed by atoms with van der Waals surface area (Å²) in [6, 6.07) is 177. The first-order chi connectivity index (χ1) is 70.3. The second-order valence-electron chi connectivity index (χ2n) is 35.2. The molecule has 0 fully saturated rings. The average Bonchev–Trinajstić information content (AvgIpc) is 0.786. The second kappa shape index (κ2) is 40.1. The van der Waals surface area contributed by atoms with E-state index in [9.17, 15) is 0 Å². The molecule has 25 aromatic rings. The van der Waals surface area contributed by atoms with Crippen molar-refractivity contribution in [1.82, 2.24) is 44.9 Å². The fourth-order valence-electron chi connectivity index (χ4n) is 18.8. The molecular weight excluding hydrogens is 1720 g/mol. The maximum Gasteiger partial charge on any atom is 0.160 e. The molecule has 0 saturated carbocycles. The number of fused-ring (bicyclic) bond motifs is 5. The summed E-state index contributed by atoms with van der Waals surface area (Å²) in [7, 11) is 0. The summed E-state index contributed by atoms with van der Waals surface area (Å²) in [5, 5.41) is 9.86. The van der Waals surface area contributed by atoms with Crippen molar-refractivity contribution in [2.75, 3.05) is 0 Å². The van der Waals surface area contributed by atoms with Crippen LogP contribution in [0.2, 0.25) is 0 Å². The zero-order valence-corrected chi connectivity index (χ0v) is 77.4. The predicted molar refractivity (Wildman–Crippen MR) is 587 cm³/mol. The van der Waals surface area contributed by atoms with E-state index in [4.69, 9.17) is 29.9 Å². The molecule has 0 aliphatic carbocycles. The van der Waals surface area contributed by atoms with Crippen LogP contribution in [0.1, 0.15) is 0 Å². The minimum atomic E-state index is 0.686. The molecule has 0 aliphatic rings. The minimum absolute atomic E-state index is 0.686. The van der Waals surface area contributed by atoms with E-state index < -0.39 is 0 Å². The van der Waals surface area contributed by atoms with Crippen LogP contribution in [0.3, 0.4) is 0 Å². The third kappa shape index (κ3) is 19.1. The molecule has 0 atom stereocenters. The van der Waals surface area contributed by atoms with E-state index in [1.54, 1.807) is 18.6 Å². The summed E-state index contributed by atoms with van der Waals surface area (Å²) in [5.41, 5.74) is 34.9. The smallest absolute Gasteiger partial charge is 0.160 e. The molecule has 666 valence electrons. The fourth-order valence-corrected chi connectivity index (χ4v) is 18.8.